The number of benzene rings is 1. The fourth-order valence-electron chi connectivity index (χ4n) is 4.23. The molecule has 0 unspecified atom stereocenters. The Morgan fingerprint density at radius 3 is 2.74 bits per heavy atom. The van der Waals surface area contributed by atoms with Crippen LogP contribution in [0, 0.1) is 0 Å². The Balaban J connectivity index is 1.43. The minimum absolute atomic E-state index is 0.187. The lowest BCUT2D eigenvalue weighted by molar-refractivity contribution is -0.139. The number of carbonyl (C=O) groups is 3. The predicted molar refractivity (Wildman–Crippen MR) is 136 cm³/mol. The number of aromatic nitrogens is 1. The predicted octanol–water partition coefficient (Wildman–Crippen LogP) is 3.49. The molecule has 1 fully saturated rings. The Bertz CT molecular complexity index is 1160. The zero-order chi connectivity index (χ0) is 24.6. The van der Waals surface area contributed by atoms with Crippen LogP contribution in [-0.4, -0.2) is 52.8 Å². The topological polar surface area (TPSA) is 91.4 Å². The number of thiophene rings is 1. The molecule has 0 saturated carbocycles. The summed E-state index contributed by atoms with van der Waals surface area (Å²) in [6, 6.07) is 13.3. The van der Waals surface area contributed by atoms with E-state index in [4.69, 9.17) is 11.6 Å². The van der Waals surface area contributed by atoms with Crippen molar-refractivity contribution in [3.63, 3.8) is 0 Å². The number of nitrogens with zero attached hydrogens (tertiary/aromatic N) is 2. The third-order valence-electron chi connectivity index (χ3n) is 6.00. The van der Waals surface area contributed by atoms with Gasteiger partial charge >= 0.3 is 0 Å². The van der Waals surface area contributed by atoms with Crippen molar-refractivity contribution in [3.05, 3.63) is 87.3 Å². The van der Waals surface area contributed by atoms with Gasteiger partial charge in [0, 0.05) is 36.9 Å². The number of hydrogen-bond donors (Lipinski definition) is 2. The van der Waals surface area contributed by atoms with E-state index in [9.17, 15) is 14.4 Å². The van der Waals surface area contributed by atoms with Gasteiger partial charge in [-0.25, -0.2) is 0 Å². The normalized spacial score (nSPS) is 16.0. The first kappa shape index (κ1) is 24.9. The third-order valence-corrected chi connectivity index (χ3v) is 7.24. The summed E-state index contributed by atoms with van der Waals surface area (Å²) in [6.07, 6.45) is 5.55. The van der Waals surface area contributed by atoms with Gasteiger partial charge in [-0.15, -0.1) is 11.3 Å². The Hall–Kier alpha value is -3.23. The summed E-state index contributed by atoms with van der Waals surface area (Å²) in [5.41, 5.74) is 1.79. The number of pyridine rings is 1. The van der Waals surface area contributed by atoms with E-state index in [0.717, 1.165) is 17.5 Å². The monoisotopic (exact) mass is 510 g/mol. The number of nitrogens with one attached hydrogen (secondary N) is 2. The largest absolute Gasteiger partial charge is 0.354 e. The molecule has 1 saturated heterocycles. The zero-order valence-corrected chi connectivity index (χ0v) is 20.7. The van der Waals surface area contributed by atoms with Crippen LogP contribution in [0.5, 0.6) is 0 Å². The molecule has 2 atom stereocenters. The Kier molecular flexibility index (Phi) is 8.50. The fraction of sp³-hybridized carbons (Fsp3) is 0.308. The molecular weight excluding hydrogens is 484 g/mol. The lowest BCUT2D eigenvalue weighted by atomic mass is 10.1. The minimum Gasteiger partial charge on any atom is -0.354 e. The number of likely N-dealkylation sites (tertiary alicyclic amines) is 1. The highest BCUT2D eigenvalue weighted by atomic mass is 35.5. The summed E-state index contributed by atoms with van der Waals surface area (Å²) in [5, 5.41) is 8.31. The molecule has 9 heteroatoms. The maximum atomic E-state index is 13.6. The summed E-state index contributed by atoms with van der Waals surface area (Å²) in [4.78, 5) is 45.6. The van der Waals surface area contributed by atoms with Crippen molar-refractivity contribution in [1.82, 2.24) is 20.5 Å². The molecule has 4 rings (SSSR count). The van der Waals surface area contributed by atoms with Gasteiger partial charge in [-0.1, -0.05) is 41.9 Å². The highest BCUT2D eigenvalue weighted by Gasteiger charge is 2.37. The second-order valence-electron chi connectivity index (χ2n) is 8.39. The minimum atomic E-state index is -0.801. The summed E-state index contributed by atoms with van der Waals surface area (Å²) in [5.74, 6) is -0.752. The van der Waals surface area contributed by atoms with E-state index in [2.05, 4.69) is 15.6 Å². The maximum Gasteiger partial charge on any atom is 0.262 e. The van der Waals surface area contributed by atoms with Gasteiger partial charge in [0.2, 0.25) is 11.8 Å². The van der Waals surface area contributed by atoms with Crippen LogP contribution in [0.15, 0.2) is 66.3 Å². The van der Waals surface area contributed by atoms with E-state index >= 15 is 0 Å². The second-order valence-corrected chi connectivity index (χ2v) is 9.75. The van der Waals surface area contributed by atoms with Crippen LogP contribution in [0.1, 0.15) is 33.6 Å². The van der Waals surface area contributed by atoms with Gasteiger partial charge in [-0.3, -0.25) is 19.4 Å². The molecule has 2 N–H and O–H groups in total. The van der Waals surface area contributed by atoms with Crippen LogP contribution in [0.25, 0.3) is 0 Å². The lowest BCUT2D eigenvalue weighted by Gasteiger charge is -2.28. The molecule has 2 aromatic heterocycles. The molecule has 3 heterocycles. The van der Waals surface area contributed by atoms with Crippen molar-refractivity contribution >= 4 is 40.7 Å². The molecule has 0 bridgehead atoms. The quantitative estimate of drug-likeness (QED) is 0.461. The van der Waals surface area contributed by atoms with Crippen molar-refractivity contribution in [2.45, 2.75) is 37.8 Å². The maximum absolute atomic E-state index is 13.6. The standard InChI is InChI=1S/C26H27ClN4O3S/c27-20-8-2-1-7-19(20)11-13-29-24(32)22-9-4-14-31(22)26(34)21(16-18-6-3-12-28-17-18)30-25(33)23-10-5-15-35-23/h1-3,5-8,10,12,15,17,21-22H,4,9,11,13-14,16H2,(H,29,32)(H,30,33)/t21-,22-/m0/s1. The van der Waals surface area contributed by atoms with Gasteiger partial charge in [-0.05, 0) is 54.0 Å². The van der Waals surface area contributed by atoms with Gasteiger partial charge in [0.1, 0.15) is 12.1 Å². The molecule has 3 amide bonds. The summed E-state index contributed by atoms with van der Waals surface area (Å²) >= 11 is 7.52. The van der Waals surface area contributed by atoms with E-state index < -0.39 is 12.1 Å². The molecule has 35 heavy (non-hydrogen) atoms. The van der Waals surface area contributed by atoms with Crippen molar-refractivity contribution in [1.29, 1.82) is 0 Å². The van der Waals surface area contributed by atoms with E-state index in [0.29, 0.717) is 42.3 Å². The van der Waals surface area contributed by atoms with Crippen LogP contribution in [0.4, 0.5) is 0 Å². The van der Waals surface area contributed by atoms with Gasteiger partial charge in [-0.2, -0.15) is 0 Å². The fourth-order valence-corrected chi connectivity index (χ4v) is 5.09. The van der Waals surface area contributed by atoms with Gasteiger partial charge in [0.05, 0.1) is 4.88 Å². The highest BCUT2D eigenvalue weighted by molar-refractivity contribution is 7.12. The number of hydrogen-bond acceptors (Lipinski definition) is 5. The van der Waals surface area contributed by atoms with Crippen LogP contribution in [0.3, 0.4) is 0 Å². The van der Waals surface area contributed by atoms with E-state index in [1.807, 2.05) is 35.7 Å². The molecule has 182 valence electrons. The molecule has 1 aliphatic rings. The SMILES string of the molecule is O=C(N[C@@H](Cc1cccnc1)C(=O)N1CCC[C@H]1C(=O)NCCc1ccccc1Cl)c1cccs1. The average molecular weight is 511 g/mol. The molecule has 7 nitrogen and oxygen atoms in total. The zero-order valence-electron chi connectivity index (χ0n) is 19.2. The first-order valence-corrected chi connectivity index (χ1v) is 12.8. The molecule has 1 aromatic carbocycles. The summed E-state index contributed by atoms with van der Waals surface area (Å²) in [6.45, 7) is 0.898. The van der Waals surface area contributed by atoms with Gasteiger partial charge in [0.15, 0.2) is 0 Å². The number of halogens is 1. The first-order chi connectivity index (χ1) is 17.0. The Morgan fingerprint density at radius 2 is 2.00 bits per heavy atom. The van der Waals surface area contributed by atoms with Crippen LogP contribution >= 0.6 is 22.9 Å². The van der Waals surface area contributed by atoms with Crippen LogP contribution < -0.4 is 10.6 Å². The van der Waals surface area contributed by atoms with E-state index in [-0.39, 0.29) is 17.7 Å². The Labute approximate surface area is 213 Å². The molecule has 1 aliphatic heterocycles. The van der Waals surface area contributed by atoms with Gasteiger partial charge < -0.3 is 15.5 Å². The van der Waals surface area contributed by atoms with Crippen LogP contribution in [-0.2, 0) is 22.4 Å². The second kappa shape index (κ2) is 12.0. The smallest absolute Gasteiger partial charge is 0.262 e. The first-order valence-electron chi connectivity index (χ1n) is 11.6. The average Bonchev–Trinajstić information content (AvgIpc) is 3.58. The number of amides is 3. The highest BCUT2D eigenvalue weighted by Crippen LogP contribution is 2.21. The van der Waals surface area contributed by atoms with Crippen molar-refractivity contribution in [3.8, 4) is 0 Å². The number of rotatable bonds is 9. The van der Waals surface area contributed by atoms with E-state index in [1.165, 1.54) is 11.3 Å². The van der Waals surface area contributed by atoms with Crippen molar-refractivity contribution in [2.24, 2.45) is 0 Å². The molecule has 0 radical (unpaired) electrons. The van der Waals surface area contributed by atoms with Crippen molar-refractivity contribution < 1.29 is 14.4 Å². The number of carbonyl (C=O) groups excluding carboxylic acids is 3. The molecule has 3 aromatic rings. The van der Waals surface area contributed by atoms with E-state index in [1.54, 1.807) is 35.5 Å². The summed E-state index contributed by atoms with van der Waals surface area (Å²) < 4.78 is 0. The lowest BCUT2D eigenvalue weighted by Crippen LogP contribution is -2.54. The van der Waals surface area contributed by atoms with Crippen molar-refractivity contribution in [2.75, 3.05) is 13.1 Å². The molecule has 0 spiro atoms. The third kappa shape index (κ3) is 6.46. The van der Waals surface area contributed by atoms with Crippen LogP contribution in [0.2, 0.25) is 5.02 Å². The summed E-state index contributed by atoms with van der Waals surface area (Å²) in [7, 11) is 0. The molecule has 0 aliphatic carbocycles. The Morgan fingerprint density at radius 1 is 1.14 bits per heavy atom. The molecular formula is C26H27ClN4O3S. The van der Waals surface area contributed by atoms with Gasteiger partial charge in [0.25, 0.3) is 5.91 Å².